The van der Waals surface area contributed by atoms with Gasteiger partial charge in [-0.05, 0) is 24.1 Å². The van der Waals surface area contributed by atoms with E-state index in [4.69, 9.17) is 15.4 Å². The van der Waals surface area contributed by atoms with E-state index in [1.165, 1.54) is 5.56 Å². The van der Waals surface area contributed by atoms with Crippen LogP contribution in [0.3, 0.4) is 0 Å². The zero-order chi connectivity index (χ0) is 17.4. The van der Waals surface area contributed by atoms with E-state index in [2.05, 4.69) is 17.3 Å². The minimum Gasteiger partial charge on any atom is -0.478 e. The van der Waals surface area contributed by atoms with Crippen molar-refractivity contribution in [3.8, 4) is 0 Å². The highest BCUT2D eigenvalue weighted by Gasteiger charge is 2.08. The molecule has 2 aromatic carbocycles. The second-order valence-corrected chi connectivity index (χ2v) is 5.65. The molecule has 0 saturated carbocycles. The number of aryl methyl sites for hydroxylation is 1. The van der Waals surface area contributed by atoms with E-state index in [0.717, 1.165) is 23.2 Å². The Hall–Kier alpha value is -2.53. The number of rotatable bonds is 7. The van der Waals surface area contributed by atoms with Gasteiger partial charge in [0.2, 0.25) is 5.90 Å². The highest BCUT2D eigenvalue weighted by molar-refractivity contribution is 5.72. The molecule has 2 aromatic rings. The molecule has 0 aliphatic rings. The summed E-state index contributed by atoms with van der Waals surface area (Å²) < 4.78 is 5.58. The Labute approximate surface area is 143 Å². The van der Waals surface area contributed by atoms with Crippen molar-refractivity contribution < 1.29 is 9.57 Å². The van der Waals surface area contributed by atoms with Crippen LogP contribution in [0.2, 0.25) is 0 Å². The van der Waals surface area contributed by atoms with Crippen molar-refractivity contribution in [2.75, 3.05) is 18.7 Å². The van der Waals surface area contributed by atoms with Gasteiger partial charge in [-0.15, -0.1) is 0 Å². The predicted octanol–water partition coefficient (Wildman–Crippen LogP) is 3.41. The fraction of sp³-hybridized carbons (Fsp3) is 0.316. The lowest BCUT2D eigenvalue weighted by Gasteiger charge is -2.18. The summed E-state index contributed by atoms with van der Waals surface area (Å²) in [5.41, 5.74) is 4.29. The predicted molar refractivity (Wildman–Crippen MR) is 97.8 cm³/mol. The average molecular weight is 327 g/mol. The lowest BCUT2D eigenvalue weighted by Crippen LogP contribution is -2.26. The Bertz CT molecular complexity index is 670. The Morgan fingerprint density at radius 2 is 1.88 bits per heavy atom. The molecule has 128 valence electrons. The fourth-order valence-electron chi connectivity index (χ4n) is 2.38. The van der Waals surface area contributed by atoms with E-state index in [1.807, 2.05) is 43.3 Å². The molecule has 24 heavy (non-hydrogen) atoms. The van der Waals surface area contributed by atoms with E-state index < -0.39 is 0 Å². The van der Waals surface area contributed by atoms with Gasteiger partial charge in [0, 0.05) is 26.0 Å². The average Bonchev–Trinajstić information content (AvgIpc) is 2.57. The van der Waals surface area contributed by atoms with Crippen LogP contribution in [-0.2, 0) is 22.6 Å². The maximum atomic E-state index is 5.85. The number of hydrogen-bond donors (Lipinski definition) is 1. The lowest BCUT2D eigenvalue weighted by atomic mass is 10.1. The van der Waals surface area contributed by atoms with Crippen LogP contribution in [0.25, 0.3) is 0 Å². The standard InChI is InChI=1S/C19H25N3O2/c1-15-8-7-11-19(22(3)20)18(15)14-24-21-16(2)23-13-12-17-9-5-4-6-10-17/h4-11H,12-14,20H2,1-3H3. The lowest BCUT2D eigenvalue weighted by molar-refractivity contribution is 0.118. The molecule has 0 fully saturated rings. The van der Waals surface area contributed by atoms with E-state index >= 15 is 0 Å². The quantitative estimate of drug-likeness (QED) is 0.366. The molecule has 0 saturated heterocycles. The molecule has 2 N–H and O–H groups in total. The van der Waals surface area contributed by atoms with Crippen LogP contribution in [0, 0.1) is 6.92 Å². The number of nitrogens with zero attached hydrogens (tertiary/aromatic N) is 2. The third kappa shape index (κ3) is 5.28. The van der Waals surface area contributed by atoms with Gasteiger partial charge in [0.1, 0.15) is 6.61 Å². The van der Waals surface area contributed by atoms with Gasteiger partial charge in [-0.3, -0.25) is 0 Å². The molecule has 0 amide bonds. The molecule has 0 unspecified atom stereocenters. The van der Waals surface area contributed by atoms with Crippen LogP contribution in [0.1, 0.15) is 23.6 Å². The number of benzene rings is 2. The maximum absolute atomic E-state index is 5.85. The smallest absolute Gasteiger partial charge is 0.222 e. The van der Waals surface area contributed by atoms with Gasteiger partial charge in [0.25, 0.3) is 0 Å². The summed E-state index contributed by atoms with van der Waals surface area (Å²) in [4.78, 5) is 5.44. The van der Waals surface area contributed by atoms with Crippen molar-refractivity contribution in [3.05, 3.63) is 65.2 Å². The minimum absolute atomic E-state index is 0.350. The first-order chi connectivity index (χ1) is 11.6. The van der Waals surface area contributed by atoms with Gasteiger partial charge in [-0.25, -0.2) is 5.84 Å². The van der Waals surface area contributed by atoms with Crippen molar-refractivity contribution in [1.29, 1.82) is 0 Å². The molecule has 0 atom stereocenters. The summed E-state index contributed by atoms with van der Waals surface area (Å²) in [7, 11) is 1.81. The zero-order valence-electron chi connectivity index (χ0n) is 14.5. The van der Waals surface area contributed by atoms with Crippen LogP contribution in [0.4, 0.5) is 5.69 Å². The Morgan fingerprint density at radius 3 is 2.58 bits per heavy atom. The van der Waals surface area contributed by atoms with Gasteiger partial charge < -0.3 is 14.6 Å². The topological polar surface area (TPSA) is 60.1 Å². The highest BCUT2D eigenvalue weighted by atomic mass is 16.6. The molecule has 0 aliphatic carbocycles. The van der Waals surface area contributed by atoms with Crippen LogP contribution in [0.15, 0.2) is 53.7 Å². The summed E-state index contributed by atoms with van der Waals surface area (Å²) in [6.07, 6.45) is 0.841. The molecular formula is C19H25N3O2. The second kappa shape index (κ2) is 8.93. The largest absolute Gasteiger partial charge is 0.478 e. The summed E-state index contributed by atoms with van der Waals surface area (Å²) >= 11 is 0. The van der Waals surface area contributed by atoms with Crippen molar-refractivity contribution in [3.63, 3.8) is 0 Å². The molecule has 0 spiro atoms. The SMILES string of the molecule is CC(=NOCc1c(C)cccc1N(C)N)OCCc1ccccc1. The number of hydrazine groups is 1. The van der Waals surface area contributed by atoms with Gasteiger partial charge in [0.15, 0.2) is 0 Å². The zero-order valence-corrected chi connectivity index (χ0v) is 14.5. The first-order valence-corrected chi connectivity index (χ1v) is 7.98. The second-order valence-electron chi connectivity index (χ2n) is 5.65. The van der Waals surface area contributed by atoms with Gasteiger partial charge in [-0.1, -0.05) is 47.6 Å². The molecule has 0 bridgehead atoms. The van der Waals surface area contributed by atoms with Gasteiger partial charge in [-0.2, -0.15) is 0 Å². The fourth-order valence-corrected chi connectivity index (χ4v) is 2.38. The van der Waals surface area contributed by atoms with Crippen LogP contribution in [0.5, 0.6) is 0 Å². The molecule has 0 aliphatic heterocycles. The molecule has 5 heteroatoms. The van der Waals surface area contributed by atoms with Gasteiger partial charge in [0.05, 0.1) is 12.3 Å². The van der Waals surface area contributed by atoms with E-state index in [-0.39, 0.29) is 0 Å². The maximum Gasteiger partial charge on any atom is 0.222 e. The van der Waals surface area contributed by atoms with Crippen molar-refractivity contribution in [2.45, 2.75) is 26.9 Å². The van der Waals surface area contributed by atoms with Crippen molar-refractivity contribution in [2.24, 2.45) is 11.0 Å². The van der Waals surface area contributed by atoms with E-state index in [1.54, 1.807) is 19.0 Å². The molecular weight excluding hydrogens is 302 g/mol. The van der Waals surface area contributed by atoms with Crippen LogP contribution < -0.4 is 10.9 Å². The van der Waals surface area contributed by atoms with Gasteiger partial charge >= 0.3 is 0 Å². The normalized spacial score (nSPS) is 11.2. The Balaban J connectivity index is 1.83. The van der Waals surface area contributed by atoms with Crippen LogP contribution >= 0.6 is 0 Å². The summed E-state index contributed by atoms with van der Waals surface area (Å²) in [5.74, 6) is 6.37. The molecule has 0 radical (unpaired) electrons. The molecule has 0 heterocycles. The number of nitrogens with two attached hydrogens (primary N) is 1. The summed E-state index contributed by atoms with van der Waals surface area (Å²) in [6, 6.07) is 16.2. The first-order valence-electron chi connectivity index (χ1n) is 7.98. The third-order valence-electron chi connectivity index (χ3n) is 3.71. The van der Waals surface area contributed by atoms with Crippen molar-refractivity contribution in [1.82, 2.24) is 0 Å². The van der Waals surface area contributed by atoms with E-state index in [0.29, 0.717) is 19.1 Å². The molecule has 2 rings (SSSR count). The number of hydrogen-bond acceptors (Lipinski definition) is 5. The molecule has 5 nitrogen and oxygen atoms in total. The van der Waals surface area contributed by atoms with Crippen LogP contribution in [-0.4, -0.2) is 19.6 Å². The van der Waals surface area contributed by atoms with E-state index in [9.17, 15) is 0 Å². The molecule has 0 aromatic heterocycles. The first kappa shape index (κ1) is 17.8. The minimum atomic E-state index is 0.350. The number of oxime groups is 1. The monoisotopic (exact) mass is 327 g/mol. The highest BCUT2D eigenvalue weighted by Crippen LogP contribution is 2.22. The summed E-state index contributed by atoms with van der Waals surface area (Å²) in [6.45, 7) is 4.74. The van der Waals surface area contributed by atoms with Crippen molar-refractivity contribution >= 4 is 11.6 Å². The number of ether oxygens (including phenoxy) is 1. The third-order valence-corrected chi connectivity index (χ3v) is 3.71. The Morgan fingerprint density at radius 1 is 1.12 bits per heavy atom. The number of anilines is 1. The summed E-state index contributed by atoms with van der Waals surface area (Å²) in [5, 5.41) is 5.61. The Kier molecular flexibility index (Phi) is 6.63.